The van der Waals surface area contributed by atoms with Crippen LogP contribution >= 0.6 is 0 Å². The molecule has 0 bridgehead atoms. The van der Waals surface area contributed by atoms with E-state index in [1.165, 1.54) is 25.3 Å². The normalized spacial score (nSPS) is 10.6. The summed E-state index contributed by atoms with van der Waals surface area (Å²) < 4.78 is 27.2. The molecular formula is C11H10O4S. The van der Waals surface area contributed by atoms with Gasteiger partial charge >= 0.3 is 5.97 Å². The van der Waals surface area contributed by atoms with Gasteiger partial charge in [0, 0.05) is 11.8 Å². The van der Waals surface area contributed by atoms with Crippen molar-refractivity contribution >= 4 is 15.8 Å². The molecule has 16 heavy (non-hydrogen) atoms. The number of ether oxygens (including phenoxy) is 1. The molecule has 4 nitrogen and oxygen atoms in total. The van der Waals surface area contributed by atoms with E-state index in [1.54, 1.807) is 0 Å². The van der Waals surface area contributed by atoms with Gasteiger partial charge in [-0.2, -0.15) is 0 Å². The SMILES string of the molecule is C#Cc1cc(C(=O)OC)ccc1S(C)(=O)=O. The monoisotopic (exact) mass is 238 g/mol. The van der Waals surface area contributed by atoms with Gasteiger partial charge in [-0.1, -0.05) is 5.92 Å². The maximum absolute atomic E-state index is 11.4. The second-order valence-electron chi connectivity index (χ2n) is 3.12. The number of hydrogen-bond donors (Lipinski definition) is 0. The van der Waals surface area contributed by atoms with E-state index >= 15 is 0 Å². The highest BCUT2D eigenvalue weighted by atomic mass is 32.2. The molecule has 0 fully saturated rings. The van der Waals surface area contributed by atoms with Gasteiger partial charge in [-0.15, -0.1) is 6.42 Å². The van der Waals surface area contributed by atoms with Gasteiger partial charge in [0.25, 0.3) is 0 Å². The fourth-order valence-electron chi connectivity index (χ4n) is 1.21. The van der Waals surface area contributed by atoms with Crippen LogP contribution in [0.1, 0.15) is 15.9 Å². The Morgan fingerprint density at radius 1 is 1.44 bits per heavy atom. The number of methoxy groups -OCH3 is 1. The summed E-state index contributed by atoms with van der Waals surface area (Å²) in [6.07, 6.45) is 6.25. The summed E-state index contributed by atoms with van der Waals surface area (Å²) in [5.41, 5.74) is 0.383. The van der Waals surface area contributed by atoms with E-state index in [0.717, 1.165) is 6.26 Å². The molecule has 0 aliphatic heterocycles. The highest BCUT2D eigenvalue weighted by molar-refractivity contribution is 7.90. The second-order valence-corrected chi connectivity index (χ2v) is 5.10. The van der Waals surface area contributed by atoms with Crippen LogP contribution in [0.3, 0.4) is 0 Å². The quantitative estimate of drug-likeness (QED) is 0.566. The minimum Gasteiger partial charge on any atom is -0.465 e. The summed E-state index contributed by atoms with van der Waals surface area (Å²) in [6, 6.07) is 3.99. The van der Waals surface area contributed by atoms with Crippen LogP contribution in [0.15, 0.2) is 23.1 Å². The molecule has 0 heterocycles. The zero-order valence-corrected chi connectivity index (χ0v) is 9.67. The Labute approximate surface area is 94.2 Å². The molecule has 0 unspecified atom stereocenters. The third kappa shape index (κ3) is 2.41. The third-order valence-electron chi connectivity index (χ3n) is 1.96. The standard InChI is InChI=1S/C11H10O4S/c1-4-8-7-9(11(12)15-2)5-6-10(8)16(3,13)14/h1,5-7H,2-3H3. The summed E-state index contributed by atoms with van der Waals surface area (Å²) in [5, 5.41) is 0. The van der Waals surface area contributed by atoms with Crippen LogP contribution < -0.4 is 0 Å². The van der Waals surface area contributed by atoms with Crippen LogP contribution in [0.25, 0.3) is 0 Å². The van der Waals surface area contributed by atoms with Crippen LogP contribution in [0.5, 0.6) is 0 Å². The number of esters is 1. The summed E-state index contributed by atoms with van der Waals surface area (Å²) in [6.45, 7) is 0. The highest BCUT2D eigenvalue weighted by Crippen LogP contribution is 2.17. The Kier molecular flexibility index (Phi) is 3.35. The summed E-state index contributed by atoms with van der Waals surface area (Å²) in [5.74, 6) is 1.68. The summed E-state index contributed by atoms with van der Waals surface area (Å²) >= 11 is 0. The second kappa shape index (κ2) is 4.37. The fourth-order valence-corrected chi connectivity index (χ4v) is 2.04. The Bertz CT molecular complexity index is 564. The van der Waals surface area contributed by atoms with Crippen LogP contribution in [0.4, 0.5) is 0 Å². The molecule has 0 amide bonds. The zero-order valence-electron chi connectivity index (χ0n) is 8.85. The lowest BCUT2D eigenvalue weighted by Crippen LogP contribution is -2.05. The van der Waals surface area contributed by atoms with Crippen LogP contribution in [-0.4, -0.2) is 27.8 Å². The van der Waals surface area contributed by atoms with Crippen molar-refractivity contribution in [1.82, 2.24) is 0 Å². The molecule has 0 atom stereocenters. The molecule has 0 N–H and O–H groups in total. The maximum Gasteiger partial charge on any atom is 0.337 e. The van der Waals surface area contributed by atoms with Crippen molar-refractivity contribution in [3.05, 3.63) is 29.3 Å². The van der Waals surface area contributed by atoms with E-state index in [9.17, 15) is 13.2 Å². The smallest absolute Gasteiger partial charge is 0.337 e. The largest absolute Gasteiger partial charge is 0.465 e. The average Bonchev–Trinajstić information content (AvgIpc) is 2.25. The van der Waals surface area contributed by atoms with E-state index in [2.05, 4.69) is 10.7 Å². The number of sulfone groups is 1. The van der Waals surface area contributed by atoms with Gasteiger partial charge in [-0.05, 0) is 18.2 Å². The van der Waals surface area contributed by atoms with E-state index in [4.69, 9.17) is 6.42 Å². The van der Waals surface area contributed by atoms with Gasteiger partial charge < -0.3 is 4.74 Å². The van der Waals surface area contributed by atoms with Gasteiger partial charge in [0.05, 0.1) is 17.6 Å². The number of benzene rings is 1. The van der Waals surface area contributed by atoms with Gasteiger partial charge in [0.2, 0.25) is 0 Å². The van der Waals surface area contributed by atoms with Crippen molar-refractivity contribution < 1.29 is 17.9 Å². The number of carbonyl (C=O) groups excluding carboxylic acids is 1. The lowest BCUT2D eigenvalue weighted by molar-refractivity contribution is 0.0600. The molecule has 1 aromatic carbocycles. The van der Waals surface area contributed by atoms with E-state index in [-0.39, 0.29) is 16.0 Å². The first-order valence-electron chi connectivity index (χ1n) is 4.29. The number of carbonyl (C=O) groups is 1. The molecule has 84 valence electrons. The summed E-state index contributed by atoms with van der Waals surface area (Å²) in [7, 11) is -2.15. The minimum absolute atomic E-state index is 0.0302. The van der Waals surface area contributed by atoms with E-state index in [1.807, 2.05) is 0 Å². The average molecular weight is 238 g/mol. The van der Waals surface area contributed by atoms with Crippen molar-refractivity contribution in [2.45, 2.75) is 4.90 Å². The molecule has 1 aromatic rings. The highest BCUT2D eigenvalue weighted by Gasteiger charge is 2.15. The maximum atomic E-state index is 11.4. The van der Waals surface area contributed by atoms with Crippen molar-refractivity contribution in [2.75, 3.05) is 13.4 Å². The fraction of sp³-hybridized carbons (Fsp3) is 0.182. The Morgan fingerprint density at radius 3 is 2.50 bits per heavy atom. The molecular weight excluding hydrogens is 228 g/mol. The van der Waals surface area contributed by atoms with Crippen molar-refractivity contribution in [1.29, 1.82) is 0 Å². The molecule has 1 rings (SSSR count). The zero-order chi connectivity index (χ0) is 12.3. The van der Waals surface area contributed by atoms with Crippen molar-refractivity contribution in [2.24, 2.45) is 0 Å². The Hall–Kier alpha value is -1.80. The van der Waals surface area contributed by atoms with Gasteiger partial charge in [-0.25, -0.2) is 13.2 Å². The van der Waals surface area contributed by atoms with Crippen LogP contribution in [-0.2, 0) is 14.6 Å². The number of terminal acetylenes is 1. The first kappa shape index (κ1) is 12.3. The Balaban J connectivity index is 3.41. The van der Waals surface area contributed by atoms with Crippen molar-refractivity contribution in [3.8, 4) is 12.3 Å². The molecule has 0 spiro atoms. The lowest BCUT2D eigenvalue weighted by atomic mass is 10.1. The van der Waals surface area contributed by atoms with E-state index in [0.29, 0.717) is 0 Å². The molecule has 0 radical (unpaired) electrons. The Morgan fingerprint density at radius 2 is 2.06 bits per heavy atom. The lowest BCUT2D eigenvalue weighted by Gasteiger charge is -2.04. The molecule has 0 aliphatic carbocycles. The molecule has 0 saturated carbocycles. The van der Waals surface area contributed by atoms with Gasteiger partial charge in [-0.3, -0.25) is 0 Å². The minimum atomic E-state index is -3.39. The number of rotatable bonds is 2. The molecule has 0 saturated heterocycles. The van der Waals surface area contributed by atoms with Crippen LogP contribution in [0, 0.1) is 12.3 Å². The first-order valence-corrected chi connectivity index (χ1v) is 6.18. The van der Waals surface area contributed by atoms with Crippen LogP contribution in [0.2, 0.25) is 0 Å². The third-order valence-corrected chi connectivity index (χ3v) is 3.11. The van der Waals surface area contributed by atoms with Gasteiger partial charge in [0.15, 0.2) is 9.84 Å². The van der Waals surface area contributed by atoms with Gasteiger partial charge in [0.1, 0.15) is 0 Å². The molecule has 0 aromatic heterocycles. The van der Waals surface area contributed by atoms with E-state index < -0.39 is 15.8 Å². The summed E-state index contributed by atoms with van der Waals surface area (Å²) in [4.78, 5) is 11.2. The first-order chi connectivity index (χ1) is 7.40. The molecule has 5 heteroatoms. The predicted octanol–water partition coefficient (Wildman–Crippen LogP) is 0.858. The number of hydrogen-bond acceptors (Lipinski definition) is 4. The molecule has 0 aliphatic rings. The predicted molar refractivity (Wildman–Crippen MR) is 58.8 cm³/mol. The topological polar surface area (TPSA) is 60.4 Å². The van der Waals surface area contributed by atoms with Crippen molar-refractivity contribution in [3.63, 3.8) is 0 Å².